The average Bonchev–Trinajstić information content (AvgIpc) is 2.98. The molecule has 0 radical (unpaired) electrons. The molecule has 0 bridgehead atoms. The van der Waals surface area contributed by atoms with Crippen molar-refractivity contribution in [2.24, 2.45) is 0 Å². The van der Waals surface area contributed by atoms with Crippen LogP contribution in [-0.4, -0.2) is 23.4 Å². The lowest BCUT2D eigenvalue weighted by atomic mass is 10.2. The molecule has 1 unspecified atom stereocenters. The predicted octanol–water partition coefficient (Wildman–Crippen LogP) is 3.80. The van der Waals surface area contributed by atoms with E-state index in [2.05, 4.69) is 48.7 Å². The minimum atomic E-state index is 0.686. The van der Waals surface area contributed by atoms with Gasteiger partial charge in [0.25, 0.3) is 0 Å². The van der Waals surface area contributed by atoms with E-state index in [4.69, 9.17) is 17.0 Å². The maximum Gasteiger partial charge on any atom is 0.209 e. The van der Waals surface area contributed by atoms with E-state index in [0.29, 0.717) is 6.61 Å². The van der Waals surface area contributed by atoms with Crippen LogP contribution in [0.1, 0.15) is 18.1 Å². The third-order valence-corrected chi connectivity index (χ3v) is 5.29. The van der Waals surface area contributed by atoms with Crippen molar-refractivity contribution >= 4 is 34.4 Å². The van der Waals surface area contributed by atoms with Gasteiger partial charge in [-0.1, -0.05) is 29.0 Å². The van der Waals surface area contributed by atoms with Gasteiger partial charge in [0.2, 0.25) is 5.13 Å². The van der Waals surface area contributed by atoms with Gasteiger partial charge in [-0.05, 0) is 62.5 Å². The Hall–Kier alpha value is -2.22. The van der Waals surface area contributed by atoms with E-state index >= 15 is 0 Å². The van der Waals surface area contributed by atoms with Crippen LogP contribution in [0.25, 0.3) is 0 Å². The summed E-state index contributed by atoms with van der Waals surface area (Å²) < 4.78 is 8.16. The number of nitrogens with zero attached hydrogens (tertiary/aromatic N) is 2. The van der Waals surface area contributed by atoms with Gasteiger partial charge < -0.3 is 15.0 Å². The van der Waals surface area contributed by atoms with Crippen molar-refractivity contribution in [3.05, 3.63) is 63.6 Å². The number of nitrogens with one attached hydrogen (secondary N) is 2. The van der Waals surface area contributed by atoms with Crippen LogP contribution in [0.2, 0.25) is 0 Å². The fraction of sp³-hybridized carbons (Fsp3) is 0.300. The first-order valence-electron chi connectivity index (χ1n) is 8.98. The van der Waals surface area contributed by atoms with Crippen LogP contribution in [0.4, 0.5) is 10.8 Å². The highest BCUT2D eigenvalue weighted by molar-refractivity contribution is 7.73. The number of anilines is 2. The van der Waals surface area contributed by atoms with Crippen LogP contribution < -0.4 is 15.0 Å². The largest absolute Gasteiger partial charge is 0.494 e. The Labute approximate surface area is 169 Å². The fourth-order valence-electron chi connectivity index (χ4n) is 2.75. The highest BCUT2D eigenvalue weighted by atomic mass is 32.1. The smallest absolute Gasteiger partial charge is 0.209 e. The lowest BCUT2D eigenvalue weighted by Gasteiger charge is -2.14. The van der Waals surface area contributed by atoms with Crippen LogP contribution in [0.5, 0.6) is 5.75 Å². The lowest BCUT2D eigenvalue weighted by molar-refractivity contribution is -0.917. The zero-order chi connectivity index (χ0) is 19.2. The molecule has 0 aliphatic rings. The van der Waals surface area contributed by atoms with E-state index in [0.717, 1.165) is 33.7 Å². The first-order valence-corrected chi connectivity index (χ1v) is 10.2. The zero-order valence-electron chi connectivity index (χ0n) is 15.9. The molecule has 0 saturated carbocycles. The standard InChI is InChI=1S/C20H24N4OS2/c1-4-25-18-11-7-16(8-12-18)13-23(3)14-24-20(26)27-19(22-24)21-17-9-5-15(2)6-10-17/h5-12H,4,13-14H2,1-3H3,(H,21,22)/p+1. The number of aryl methyl sites for hydroxylation is 1. The molecule has 0 aliphatic heterocycles. The topological polar surface area (TPSA) is 43.5 Å². The second-order valence-corrected chi connectivity index (χ2v) is 8.16. The number of aromatic nitrogens is 2. The maximum atomic E-state index is 5.50. The summed E-state index contributed by atoms with van der Waals surface area (Å²) >= 11 is 6.98. The Morgan fingerprint density at radius 1 is 1.15 bits per heavy atom. The van der Waals surface area contributed by atoms with Gasteiger partial charge in [-0.25, -0.2) is 0 Å². The number of hydrogen-bond acceptors (Lipinski definition) is 5. The third-order valence-electron chi connectivity index (χ3n) is 4.07. The summed E-state index contributed by atoms with van der Waals surface area (Å²) in [4.78, 5) is 1.31. The Bertz CT molecular complexity index is 916. The first-order chi connectivity index (χ1) is 13.0. The molecule has 27 heavy (non-hydrogen) atoms. The van der Waals surface area contributed by atoms with E-state index in [1.54, 1.807) is 0 Å². The van der Waals surface area contributed by atoms with Crippen molar-refractivity contribution in [2.75, 3.05) is 19.0 Å². The molecule has 1 atom stereocenters. The molecule has 1 aromatic heterocycles. The van der Waals surface area contributed by atoms with Crippen molar-refractivity contribution < 1.29 is 9.64 Å². The van der Waals surface area contributed by atoms with Crippen molar-refractivity contribution in [2.45, 2.75) is 27.1 Å². The molecule has 5 nitrogen and oxygen atoms in total. The maximum absolute atomic E-state index is 5.50. The molecule has 0 amide bonds. The highest BCUT2D eigenvalue weighted by Gasteiger charge is 2.10. The van der Waals surface area contributed by atoms with Crippen LogP contribution in [-0.2, 0) is 13.2 Å². The molecule has 3 rings (SSSR count). The molecule has 2 N–H and O–H groups in total. The van der Waals surface area contributed by atoms with Gasteiger partial charge in [-0.2, -0.15) is 4.68 Å². The zero-order valence-corrected chi connectivity index (χ0v) is 17.5. The number of hydrogen-bond donors (Lipinski definition) is 2. The predicted molar refractivity (Wildman–Crippen MR) is 114 cm³/mol. The summed E-state index contributed by atoms with van der Waals surface area (Å²) in [6.45, 7) is 6.37. The second kappa shape index (κ2) is 9.12. The van der Waals surface area contributed by atoms with Crippen LogP contribution >= 0.6 is 23.6 Å². The molecule has 142 valence electrons. The molecule has 0 spiro atoms. The molecule has 2 aromatic carbocycles. The minimum absolute atomic E-state index is 0.686. The van der Waals surface area contributed by atoms with Crippen molar-refractivity contribution in [3.8, 4) is 5.75 Å². The first kappa shape index (κ1) is 19.5. The van der Waals surface area contributed by atoms with Gasteiger partial charge in [0.05, 0.1) is 13.7 Å². The normalized spacial score (nSPS) is 12.0. The van der Waals surface area contributed by atoms with Crippen LogP contribution in [0.15, 0.2) is 48.5 Å². The fourth-order valence-corrected chi connectivity index (χ4v) is 3.77. The molecule has 0 aliphatic carbocycles. The van der Waals surface area contributed by atoms with Gasteiger partial charge in [-0.15, -0.1) is 5.10 Å². The third kappa shape index (κ3) is 5.63. The molecule has 0 fully saturated rings. The van der Waals surface area contributed by atoms with E-state index in [1.807, 2.05) is 35.9 Å². The Balaban J connectivity index is 1.60. The molecule has 3 aromatic rings. The number of benzene rings is 2. The van der Waals surface area contributed by atoms with Gasteiger partial charge in [-0.3, -0.25) is 0 Å². The quantitative estimate of drug-likeness (QED) is 0.564. The van der Waals surface area contributed by atoms with Gasteiger partial charge in [0.1, 0.15) is 12.3 Å². The molecular formula is C20H25N4OS2+. The summed E-state index contributed by atoms with van der Waals surface area (Å²) in [5.41, 5.74) is 3.51. The Morgan fingerprint density at radius 3 is 2.52 bits per heavy atom. The van der Waals surface area contributed by atoms with Crippen molar-refractivity contribution in [3.63, 3.8) is 0 Å². The summed E-state index contributed by atoms with van der Waals surface area (Å²) in [5.74, 6) is 0.910. The minimum Gasteiger partial charge on any atom is -0.494 e. The van der Waals surface area contributed by atoms with Gasteiger partial charge in [0.15, 0.2) is 10.6 Å². The second-order valence-electron chi connectivity index (χ2n) is 6.53. The summed E-state index contributed by atoms with van der Waals surface area (Å²) in [7, 11) is 2.14. The molecule has 0 saturated heterocycles. The SMILES string of the molecule is CCOc1ccc(C[NH+](C)Cn2nc(Nc3ccc(C)cc3)sc2=S)cc1. The van der Waals surface area contributed by atoms with E-state index in [9.17, 15) is 0 Å². The number of quaternary nitrogens is 1. The molecule has 7 heteroatoms. The van der Waals surface area contributed by atoms with Gasteiger partial charge >= 0.3 is 0 Å². The van der Waals surface area contributed by atoms with E-state index in [-0.39, 0.29) is 0 Å². The van der Waals surface area contributed by atoms with Crippen molar-refractivity contribution in [1.82, 2.24) is 9.78 Å². The van der Waals surface area contributed by atoms with E-state index in [1.165, 1.54) is 27.4 Å². The van der Waals surface area contributed by atoms with E-state index < -0.39 is 0 Å². The van der Waals surface area contributed by atoms with Crippen molar-refractivity contribution in [1.29, 1.82) is 0 Å². The lowest BCUT2D eigenvalue weighted by Crippen LogP contribution is -3.07. The van der Waals surface area contributed by atoms with Crippen LogP contribution in [0.3, 0.4) is 0 Å². The number of ether oxygens (including phenoxy) is 1. The van der Waals surface area contributed by atoms with Crippen LogP contribution in [0, 0.1) is 10.9 Å². The van der Waals surface area contributed by atoms with Gasteiger partial charge in [0, 0.05) is 11.3 Å². The summed E-state index contributed by atoms with van der Waals surface area (Å²) in [6, 6.07) is 16.5. The average molecular weight is 402 g/mol. The molecule has 1 heterocycles. The Morgan fingerprint density at radius 2 is 1.85 bits per heavy atom. The summed E-state index contributed by atoms with van der Waals surface area (Å²) in [6.07, 6.45) is 0. The summed E-state index contributed by atoms with van der Waals surface area (Å²) in [5, 5.41) is 8.77. The Kier molecular flexibility index (Phi) is 6.60. The highest BCUT2D eigenvalue weighted by Crippen LogP contribution is 2.20. The number of rotatable bonds is 8. The molecular weight excluding hydrogens is 376 g/mol. The monoisotopic (exact) mass is 401 g/mol.